The molecule has 3 aromatic rings. The molecule has 7 nitrogen and oxygen atoms in total. The molecule has 0 saturated carbocycles. The molecule has 2 heterocycles. The first-order valence-electron chi connectivity index (χ1n) is 9.02. The number of halogens is 1. The summed E-state index contributed by atoms with van der Waals surface area (Å²) in [5.74, 6) is -0.0701. The van der Waals surface area contributed by atoms with Gasteiger partial charge < -0.3 is 9.32 Å². The number of carbonyl (C=O) groups is 1. The monoisotopic (exact) mass is 457 g/mol. The summed E-state index contributed by atoms with van der Waals surface area (Å²) < 4.78 is 30.2. The number of thiazole rings is 1. The van der Waals surface area contributed by atoms with E-state index in [1.807, 2.05) is 6.07 Å². The van der Waals surface area contributed by atoms with Crippen LogP contribution in [0.25, 0.3) is 10.2 Å². The number of nitrogens with zero attached hydrogens (tertiary/aromatic N) is 3. The lowest BCUT2D eigenvalue weighted by atomic mass is 10.3. The van der Waals surface area contributed by atoms with Crippen molar-refractivity contribution in [2.45, 2.75) is 18.7 Å². The number of sulfone groups is 1. The van der Waals surface area contributed by atoms with Gasteiger partial charge in [-0.25, -0.2) is 13.4 Å². The van der Waals surface area contributed by atoms with E-state index in [-0.39, 0.29) is 29.0 Å². The number of fused-ring (bicyclic) bond motifs is 1. The number of hydrogen-bond donors (Lipinski definition) is 0. The molecule has 0 aliphatic rings. The van der Waals surface area contributed by atoms with Gasteiger partial charge in [-0.2, -0.15) is 0 Å². The van der Waals surface area contributed by atoms with Crippen molar-refractivity contribution in [2.24, 2.45) is 0 Å². The zero-order chi connectivity index (χ0) is 20.3. The van der Waals surface area contributed by atoms with Gasteiger partial charge in [-0.1, -0.05) is 31.3 Å². The van der Waals surface area contributed by atoms with Crippen LogP contribution in [0, 0.1) is 0 Å². The number of benzene rings is 1. The highest BCUT2D eigenvalue weighted by molar-refractivity contribution is 7.91. The van der Waals surface area contributed by atoms with Gasteiger partial charge in [-0.3, -0.25) is 9.69 Å². The average Bonchev–Trinajstić information content (AvgIpc) is 3.33. The Morgan fingerprint density at radius 3 is 2.45 bits per heavy atom. The molecular weight excluding hydrogens is 434 g/mol. The molecular formula is C19H24ClN3O4S2. The van der Waals surface area contributed by atoms with Crippen molar-refractivity contribution < 1.29 is 17.6 Å². The minimum atomic E-state index is -3.42. The maximum absolute atomic E-state index is 13.0. The van der Waals surface area contributed by atoms with Crippen LogP contribution in [0.15, 0.2) is 45.9 Å². The molecule has 0 atom stereocenters. The summed E-state index contributed by atoms with van der Waals surface area (Å²) in [6.45, 7) is 6.98. The first kappa shape index (κ1) is 23.3. The zero-order valence-electron chi connectivity index (χ0n) is 16.5. The van der Waals surface area contributed by atoms with Gasteiger partial charge in [0.05, 0.1) is 15.9 Å². The van der Waals surface area contributed by atoms with Crippen molar-refractivity contribution in [3.63, 3.8) is 0 Å². The molecule has 0 fully saturated rings. The van der Waals surface area contributed by atoms with E-state index in [0.717, 1.165) is 24.0 Å². The van der Waals surface area contributed by atoms with Gasteiger partial charge in [0.2, 0.25) is 0 Å². The number of hydrogen-bond acceptors (Lipinski definition) is 7. The van der Waals surface area contributed by atoms with Crippen molar-refractivity contribution in [3.05, 3.63) is 42.4 Å². The number of carbonyl (C=O) groups excluding carboxylic acids is 1. The maximum Gasteiger partial charge on any atom is 0.295 e. The van der Waals surface area contributed by atoms with Crippen LogP contribution in [0.3, 0.4) is 0 Å². The van der Waals surface area contributed by atoms with Crippen molar-refractivity contribution in [2.75, 3.05) is 37.3 Å². The predicted molar refractivity (Wildman–Crippen MR) is 118 cm³/mol. The molecule has 0 N–H and O–H groups in total. The molecule has 1 aromatic carbocycles. The zero-order valence-corrected chi connectivity index (χ0v) is 18.9. The van der Waals surface area contributed by atoms with Gasteiger partial charge in [0.1, 0.15) is 5.52 Å². The van der Waals surface area contributed by atoms with Gasteiger partial charge in [0.25, 0.3) is 5.91 Å². The number of para-hydroxylation sites is 1. The fourth-order valence-corrected chi connectivity index (χ4v) is 4.84. The molecule has 0 saturated heterocycles. The Labute approximate surface area is 180 Å². The molecule has 158 valence electrons. The molecule has 10 heteroatoms. The van der Waals surface area contributed by atoms with Crippen LogP contribution in [-0.4, -0.2) is 56.6 Å². The van der Waals surface area contributed by atoms with Crippen molar-refractivity contribution >= 4 is 54.8 Å². The first-order valence-corrected chi connectivity index (χ1v) is 11.7. The smallest absolute Gasteiger partial charge is 0.295 e. The van der Waals surface area contributed by atoms with Crippen LogP contribution in [0.2, 0.25) is 0 Å². The van der Waals surface area contributed by atoms with Crippen LogP contribution >= 0.6 is 23.7 Å². The van der Waals surface area contributed by atoms with E-state index in [0.29, 0.717) is 23.7 Å². The molecule has 0 unspecified atom stereocenters. The highest BCUT2D eigenvalue weighted by Crippen LogP contribution is 2.33. The number of furan rings is 1. The van der Waals surface area contributed by atoms with E-state index < -0.39 is 9.84 Å². The van der Waals surface area contributed by atoms with Gasteiger partial charge in [-0.15, -0.1) is 12.4 Å². The summed E-state index contributed by atoms with van der Waals surface area (Å²) in [5.41, 5.74) is 0.394. The lowest BCUT2D eigenvalue weighted by Crippen LogP contribution is -2.38. The number of likely N-dealkylation sites (N-methyl/N-ethyl adjacent to an activating group) is 1. The van der Waals surface area contributed by atoms with Crippen LogP contribution in [0.5, 0.6) is 0 Å². The molecule has 0 radical (unpaired) electrons. The van der Waals surface area contributed by atoms with E-state index in [1.165, 1.54) is 23.7 Å². The quantitative estimate of drug-likeness (QED) is 0.512. The van der Waals surface area contributed by atoms with Crippen LogP contribution in [-0.2, 0) is 9.84 Å². The van der Waals surface area contributed by atoms with E-state index in [1.54, 1.807) is 23.1 Å². The van der Waals surface area contributed by atoms with Crippen molar-refractivity contribution in [1.82, 2.24) is 9.88 Å². The summed E-state index contributed by atoms with van der Waals surface area (Å²) >= 11 is 1.30. The maximum atomic E-state index is 13.0. The number of rotatable bonds is 8. The molecule has 0 spiro atoms. The molecule has 1 amide bonds. The molecule has 0 aliphatic carbocycles. The number of aromatic nitrogens is 1. The van der Waals surface area contributed by atoms with E-state index in [2.05, 4.69) is 23.7 Å². The summed E-state index contributed by atoms with van der Waals surface area (Å²) in [7, 11) is -3.42. The Balaban J connectivity index is 0.00000300. The Kier molecular flexibility index (Phi) is 7.81. The summed E-state index contributed by atoms with van der Waals surface area (Å²) in [5, 5.41) is 0.458. The molecule has 0 bridgehead atoms. The van der Waals surface area contributed by atoms with Crippen LogP contribution < -0.4 is 4.90 Å². The minimum absolute atomic E-state index is 0. The van der Waals surface area contributed by atoms with Gasteiger partial charge in [-0.05, 0) is 37.4 Å². The third kappa shape index (κ3) is 5.16. The Morgan fingerprint density at radius 2 is 1.86 bits per heavy atom. The topological polar surface area (TPSA) is 83.7 Å². The highest BCUT2D eigenvalue weighted by atomic mass is 35.5. The SMILES string of the molecule is CCN(CC)CCN(C(=O)c1ccco1)c1nc2c(S(C)(=O)=O)cccc2s1.Cl. The number of anilines is 1. The third-order valence-corrected chi connectivity index (χ3v) is 6.68. The fourth-order valence-electron chi connectivity index (χ4n) is 2.92. The first-order chi connectivity index (χ1) is 13.3. The lowest BCUT2D eigenvalue weighted by Gasteiger charge is -2.24. The van der Waals surface area contributed by atoms with Gasteiger partial charge >= 0.3 is 0 Å². The van der Waals surface area contributed by atoms with Crippen molar-refractivity contribution in [3.8, 4) is 0 Å². The predicted octanol–water partition coefficient (Wildman–Crippen LogP) is 3.70. The molecule has 29 heavy (non-hydrogen) atoms. The summed E-state index contributed by atoms with van der Waals surface area (Å²) in [6.07, 6.45) is 2.61. The molecule has 0 aliphatic heterocycles. The van der Waals surface area contributed by atoms with Gasteiger partial charge in [0.15, 0.2) is 20.7 Å². The Hall–Kier alpha value is -1.94. The lowest BCUT2D eigenvalue weighted by molar-refractivity contribution is 0.0957. The van der Waals surface area contributed by atoms with E-state index in [9.17, 15) is 13.2 Å². The third-order valence-electron chi connectivity index (χ3n) is 4.51. The second-order valence-electron chi connectivity index (χ2n) is 6.33. The van der Waals surface area contributed by atoms with Gasteiger partial charge in [0, 0.05) is 19.3 Å². The fraction of sp³-hybridized carbons (Fsp3) is 0.368. The number of amides is 1. The Morgan fingerprint density at radius 1 is 1.14 bits per heavy atom. The largest absolute Gasteiger partial charge is 0.459 e. The highest BCUT2D eigenvalue weighted by Gasteiger charge is 2.25. The minimum Gasteiger partial charge on any atom is -0.459 e. The molecule has 2 aromatic heterocycles. The second-order valence-corrected chi connectivity index (χ2v) is 9.33. The van der Waals surface area contributed by atoms with Crippen molar-refractivity contribution in [1.29, 1.82) is 0 Å². The summed E-state index contributed by atoms with van der Waals surface area (Å²) in [4.78, 5) is 21.5. The summed E-state index contributed by atoms with van der Waals surface area (Å²) in [6, 6.07) is 8.31. The van der Waals surface area contributed by atoms with Crippen LogP contribution in [0.1, 0.15) is 24.4 Å². The average molecular weight is 458 g/mol. The van der Waals surface area contributed by atoms with E-state index >= 15 is 0 Å². The normalized spacial score (nSPS) is 11.6. The molecule has 3 rings (SSSR count). The van der Waals surface area contributed by atoms with E-state index in [4.69, 9.17) is 4.42 Å². The standard InChI is InChI=1S/C19H23N3O4S2.ClH/c1-4-21(5-2)11-12-22(18(23)14-8-7-13-26-14)19-20-17-15(27-19)9-6-10-16(17)28(3,24)25;/h6-10,13H,4-5,11-12H2,1-3H3;1H. The van der Waals surface area contributed by atoms with Crippen LogP contribution in [0.4, 0.5) is 5.13 Å². The Bertz CT molecular complexity index is 1060. The second kappa shape index (κ2) is 9.71.